The summed E-state index contributed by atoms with van der Waals surface area (Å²) in [6.07, 6.45) is 2.55. The van der Waals surface area contributed by atoms with E-state index in [1.807, 2.05) is 0 Å². The number of hydrogen-bond donors (Lipinski definition) is 2. The number of aliphatic hydroxyl groups excluding tert-OH is 1. The van der Waals surface area contributed by atoms with Crippen molar-refractivity contribution in [1.29, 1.82) is 0 Å². The Labute approximate surface area is 55.5 Å². The molecule has 0 aliphatic carbocycles. The molecule has 0 aromatic heterocycles. The molecule has 3 heterocycles. The van der Waals surface area contributed by atoms with Gasteiger partial charge in [0.1, 0.15) is 12.6 Å². The molecule has 9 heavy (non-hydrogen) atoms. The molecule has 0 radical (unpaired) electrons. The molecule has 0 aromatic rings. The van der Waals surface area contributed by atoms with Crippen molar-refractivity contribution in [3.05, 3.63) is 0 Å². The highest BCUT2D eigenvalue weighted by Gasteiger charge is 2.35. The van der Waals surface area contributed by atoms with E-state index in [9.17, 15) is 5.11 Å². The summed E-state index contributed by atoms with van der Waals surface area (Å²) in [5.74, 6) is 0.655. The van der Waals surface area contributed by atoms with Gasteiger partial charge in [0, 0.05) is 18.8 Å². The van der Waals surface area contributed by atoms with Gasteiger partial charge in [0.2, 0.25) is 0 Å². The van der Waals surface area contributed by atoms with E-state index in [1.54, 1.807) is 4.90 Å². The molecule has 3 aliphatic heterocycles. The lowest BCUT2D eigenvalue weighted by atomic mass is 9.86. The molecule has 2 nitrogen and oxygen atoms in total. The molecule has 2 bridgehead atoms. The van der Waals surface area contributed by atoms with Crippen LogP contribution in [0.1, 0.15) is 12.8 Å². The highest BCUT2D eigenvalue weighted by Crippen LogP contribution is 2.17. The summed E-state index contributed by atoms with van der Waals surface area (Å²) in [6.45, 7) is 3.63. The molecule has 3 fully saturated rings. The third kappa shape index (κ3) is 0.864. The number of nitrogens with one attached hydrogen (secondary N) is 1. The Morgan fingerprint density at radius 3 is 2.11 bits per heavy atom. The molecular weight excluding hydrogens is 114 g/mol. The van der Waals surface area contributed by atoms with Gasteiger partial charge in [-0.15, -0.1) is 0 Å². The van der Waals surface area contributed by atoms with Crippen LogP contribution in [-0.4, -0.2) is 30.8 Å². The second-order valence-corrected chi connectivity index (χ2v) is 3.36. The standard InChI is InChI=1S/C7H13NO/c9-7-5-8-3-1-6(7)2-4-8/h6-7,9H,1-5H2/p+1/t7-/m0/s1. The lowest BCUT2D eigenvalue weighted by Crippen LogP contribution is -3.16. The third-order valence-electron chi connectivity index (χ3n) is 2.78. The van der Waals surface area contributed by atoms with Crippen molar-refractivity contribution < 1.29 is 10.0 Å². The third-order valence-corrected chi connectivity index (χ3v) is 2.78. The van der Waals surface area contributed by atoms with Crippen LogP contribution in [-0.2, 0) is 0 Å². The fraction of sp³-hybridized carbons (Fsp3) is 1.00. The van der Waals surface area contributed by atoms with Gasteiger partial charge in [-0.1, -0.05) is 0 Å². The minimum Gasteiger partial charge on any atom is -0.387 e. The van der Waals surface area contributed by atoms with Gasteiger partial charge < -0.3 is 10.0 Å². The van der Waals surface area contributed by atoms with E-state index in [0.717, 1.165) is 6.54 Å². The summed E-state index contributed by atoms with van der Waals surface area (Å²) in [4.78, 5) is 1.62. The number of hydrogen-bond acceptors (Lipinski definition) is 1. The maximum Gasteiger partial charge on any atom is 0.106 e. The molecule has 0 amide bonds. The van der Waals surface area contributed by atoms with Crippen molar-refractivity contribution >= 4 is 0 Å². The van der Waals surface area contributed by atoms with Gasteiger partial charge in [0.05, 0.1) is 13.1 Å². The van der Waals surface area contributed by atoms with Gasteiger partial charge in [0.15, 0.2) is 0 Å². The van der Waals surface area contributed by atoms with Crippen molar-refractivity contribution in [2.45, 2.75) is 18.9 Å². The summed E-state index contributed by atoms with van der Waals surface area (Å²) in [5.41, 5.74) is 0. The number of rotatable bonds is 0. The topological polar surface area (TPSA) is 24.7 Å². The van der Waals surface area contributed by atoms with Crippen LogP contribution >= 0.6 is 0 Å². The number of fused-ring (bicyclic) bond motifs is 3. The van der Waals surface area contributed by atoms with Crippen LogP contribution < -0.4 is 4.90 Å². The van der Waals surface area contributed by atoms with E-state index < -0.39 is 0 Å². The van der Waals surface area contributed by atoms with Crippen molar-refractivity contribution in [1.82, 2.24) is 0 Å². The van der Waals surface area contributed by atoms with Crippen LogP contribution in [0.4, 0.5) is 0 Å². The maximum atomic E-state index is 9.38. The molecule has 52 valence electrons. The molecule has 3 aliphatic rings. The van der Waals surface area contributed by atoms with Crippen molar-refractivity contribution in [2.75, 3.05) is 19.6 Å². The maximum absolute atomic E-state index is 9.38. The normalized spacial score (nSPS) is 49.7. The number of aliphatic hydroxyl groups is 1. The molecule has 0 spiro atoms. The Bertz CT molecular complexity index is 107. The number of piperidine rings is 3. The average Bonchev–Trinajstić information content (AvgIpc) is 1.90. The highest BCUT2D eigenvalue weighted by molar-refractivity contribution is 4.74. The van der Waals surface area contributed by atoms with Crippen molar-refractivity contribution in [2.24, 2.45) is 5.92 Å². The second kappa shape index (κ2) is 1.96. The second-order valence-electron chi connectivity index (χ2n) is 3.36. The van der Waals surface area contributed by atoms with E-state index >= 15 is 0 Å². The lowest BCUT2D eigenvalue weighted by Gasteiger charge is -2.39. The molecule has 3 saturated heterocycles. The Hall–Kier alpha value is -0.0800. The fourth-order valence-corrected chi connectivity index (χ4v) is 2.10. The molecule has 0 unspecified atom stereocenters. The van der Waals surface area contributed by atoms with Crippen LogP contribution in [0.25, 0.3) is 0 Å². The van der Waals surface area contributed by atoms with Gasteiger partial charge in [-0.05, 0) is 0 Å². The van der Waals surface area contributed by atoms with E-state index in [0.29, 0.717) is 5.92 Å². The van der Waals surface area contributed by atoms with Gasteiger partial charge in [-0.2, -0.15) is 0 Å². The first-order valence-corrected chi connectivity index (χ1v) is 3.88. The van der Waals surface area contributed by atoms with Gasteiger partial charge in [-0.3, -0.25) is 0 Å². The molecule has 3 rings (SSSR count). The van der Waals surface area contributed by atoms with E-state index in [-0.39, 0.29) is 6.10 Å². The summed E-state index contributed by atoms with van der Waals surface area (Å²) in [6, 6.07) is 0. The minimum absolute atomic E-state index is 0.0301. The van der Waals surface area contributed by atoms with E-state index in [4.69, 9.17) is 0 Å². The van der Waals surface area contributed by atoms with E-state index in [2.05, 4.69) is 0 Å². The predicted molar refractivity (Wildman–Crippen MR) is 34.3 cm³/mol. The highest BCUT2D eigenvalue weighted by atomic mass is 16.3. The summed E-state index contributed by atoms with van der Waals surface area (Å²) in [5, 5.41) is 9.38. The SMILES string of the molecule is O[C@H]1C[NH+]2CCC1CC2. The fourth-order valence-electron chi connectivity index (χ4n) is 2.10. The monoisotopic (exact) mass is 128 g/mol. The minimum atomic E-state index is 0.0301. The van der Waals surface area contributed by atoms with Crippen LogP contribution in [0.15, 0.2) is 0 Å². The van der Waals surface area contributed by atoms with Crippen LogP contribution in [0.3, 0.4) is 0 Å². The van der Waals surface area contributed by atoms with Gasteiger partial charge >= 0.3 is 0 Å². The average molecular weight is 128 g/mol. The van der Waals surface area contributed by atoms with E-state index in [1.165, 1.54) is 25.9 Å². The summed E-state index contributed by atoms with van der Waals surface area (Å²) >= 11 is 0. The number of quaternary nitrogens is 1. The Morgan fingerprint density at radius 2 is 1.89 bits per heavy atom. The first-order chi connectivity index (χ1) is 4.36. The molecule has 0 aromatic carbocycles. The van der Waals surface area contributed by atoms with Crippen molar-refractivity contribution in [3.63, 3.8) is 0 Å². The molecule has 1 atom stereocenters. The Morgan fingerprint density at radius 1 is 1.22 bits per heavy atom. The molecule has 0 saturated carbocycles. The molecule has 2 heteroatoms. The largest absolute Gasteiger partial charge is 0.387 e. The zero-order chi connectivity index (χ0) is 6.27. The van der Waals surface area contributed by atoms with Crippen LogP contribution in [0, 0.1) is 5.92 Å². The van der Waals surface area contributed by atoms with Gasteiger partial charge in [-0.25, -0.2) is 0 Å². The smallest absolute Gasteiger partial charge is 0.106 e. The van der Waals surface area contributed by atoms with Gasteiger partial charge in [0.25, 0.3) is 0 Å². The zero-order valence-corrected chi connectivity index (χ0v) is 5.64. The van der Waals surface area contributed by atoms with Crippen LogP contribution in [0.5, 0.6) is 0 Å². The Kier molecular flexibility index (Phi) is 1.24. The molecular formula is C7H14NO+. The quantitative estimate of drug-likeness (QED) is 0.414. The van der Waals surface area contributed by atoms with Crippen molar-refractivity contribution in [3.8, 4) is 0 Å². The predicted octanol–water partition coefficient (Wildman–Crippen LogP) is -1.34. The summed E-state index contributed by atoms with van der Waals surface area (Å²) < 4.78 is 0. The zero-order valence-electron chi connectivity index (χ0n) is 5.64. The first kappa shape index (κ1) is 5.69. The lowest BCUT2D eigenvalue weighted by molar-refractivity contribution is -0.920. The summed E-state index contributed by atoms with van der Waals surface area (Å²) in [7, 11) is 0. The molecule has 2 N–H and O–H groups in total. The van der Waals surface area contributed by atoms with Crippen LogP contribution in [0.2, 0.25) is 0 Å². The first-order valence-electron chi connectivity index (χ1n) is 3.88. The Balaban J connectivity index is 2.06.